The Balaban J connectivity index is 1.28. The normalized spacial score (nSPS) is 19.8. The average molecular weight is 613 g/mol. The number of hydrogen-bond donors (Lipinski definition) is 2. The van der Waals surface area contributed by atoms with Crippen LogP contribution in [0.15, 0.2) is 82.6 Å². The number of H-pyrrole nitrogens is 1. The lowest BCUT2D eigenvalue weighted by molar-refractivity contribution is -0.122. The van der Waals surface area contributed by atoms with Crippen molar-refractivity contribution in [2.24, 2.45) is 5.92 Å². The Bertz CT molecular complexity index is 1690. The molecule has 1 fully saturated rings. The predicted octanol–water partition coefficient (Wildman–Crippen LogP) is 5.56. The van der Waals surface area contributed by atoms with E-state index in [-0.39, 0.29) is 29.2 Å². The molecule has 202 valence electrons. The fourth-order valence-corrected chi connectivity index (χ4v) is 7.66. The predicted molar refractivity (Wildman–Crippen MR) is 156 cm³/mol. The van der Waals surface area contributed by atoms with E-state index in [1.165, 1.54) is 16.7 Å². The average Bonchev–Trinajstić information content (AvgIpc) is 3.43. The van der Waals surface area contributed by atoms with E-state index in [0.29, 0.717) is 42.6 Å². The highest BCUT2D eigenvalue weighted by Gasteiger charge is 2.56. The number of nitrogens with one attached hydrogen (secondary N) is 2. The van der Waals surface area contributed by atoms with Gasteiger partial charge in [-0.1, -0.05) is 58.4 Å². The number of fused-ring (bicyclic) bond motifs is 2. The van der Waals surface area contributed by atoms with Crippen molar-refractivity contribution in [1.29, 1.82) is 0 Å². The Morgan fingerprint density at radius 2 is 1.65 bits per heavy atom. The summed E-state index contributed by atoms with van der Waals surface area (Å²) in [4.78, 5) is 56.6. The van der Waals surface area contributed by atoms with Gasteiger partial charge in [-0.15, -0.1) is 0 Å². The molecule has 3 amide bonds. The number of ether oxygens (including phenoxy) is 1. The summed E-state index contributed by atoms with van der Waals surface area (Å²) in [7, 11) is 0. The first-order chi connectivity index (χ1) is 19.3. The molecule has 1 saturated heterocycles. The van der Waals surface area contributed by atoms with E-state index in [9.17, 15) is 19.2 Å². The van der Waals surface area contributed by atoms with Crippen LogP contribution in [0.3, 0.4) is 0 Å². The maximum atomic E-state index is 13.8. The van der Waals surface area contributed by atoms with Crippen molar-refractivity contribution in [3.63, 3.8) is 0 Å². The van der Waals surface area contributed by atoms with Gasteiger partial charge in [0.15, 0.2) is 6.61 Å². The second-order valence-electron chi connectivity index (χ2n) is 9.15. The molecule has 4 aromatic rings. The number of imide groups is 1. The fraction of sp³-hybridized carbons (Fsp3) is 0.143. The van der Waals surface area contributed by atoms with Crippen molar-refractivity contribution >= 4 is 75.4 Å². The van der Waals surface area contributed by atoms with Crippen LogP contribution < -0.4 is 19.8 Å². The van der Waals surface area contributed by atoms with Crippen LogP contribution in [-0.4, -0.2) is 34.6 Å². The summed E-state index contributed by atoms with van der Waals surface area (Å²) in [6, 6.07) is 20.3. The topological polar surface area (TPSA) is 109 Å². The van der Waals surface area contributed by atoms with E-state index in [0.717, 1.165) is 11.3 Å². The maximum absolute atomic E-state index is 13.8. The Morgan fingerprint density at radius 1 is 0.950 bits per heavy atom. The van der Waals surface area contributed by atoms with E-state index in [1.54, 1.807) is 66.7 Å². The molecule has 0 spiro atoms. The summed E-state index contributed by atoms with van der Waals surface area (Å²) in [5.41, 5.74) is 1.72. The fourth-order valence-electron chi connectivity index (χ4n) is 4.90. The number of halogens is 2. The molecule has 2 N–H and O–H groups in total. The Hall–Kier alpha value is -3.57. The number of thioether (sulfide) groups is 1. The van der Waals surface area contributed by atoms with E-state index < -0.39 is 17.1 Å². The first-order valence-electron chi connectivity index (χ1n) is 12.1. The van der Waals surface area contributed by atoms with Crippen LogP contribution in [0.1, 0.15) is 16.4 Å². The van der Waals surface area contributed by atoms with Crippen molar-refractivity contribution in [2.75, 3.05) is 16.8 Å². The summed E-state index contributed by atoms with van der Waals surface area (Å²) in [5, 5.41) is 3.65. The van der Waals surface area contributed by atoms with Gasteiger partial charge in [0.1, 0.15) is 11.0 Å². The van der Waals surface area contributed by atoms with Gasteiger partial charge >= 0.3 is 4.87 Å². The van der Waals surface area contributed by atoms with Crippen molar-refractivity contribution in [3.8, 4) is 5.75 Å². The van der Waals surface area contributed by atoms with Crippen LogP contribution in [0.5, 0.6) is 5.75 Å². The van der Waals surface area contributed by atoms with E-state index in [2.05, 4.69) is 10.3 Å². The number of rotatable bonds is 6. The summed E-state index contributed by atoms with van der Waals surface area (Å²) in [5.74, 6) is -1.95. The third kappa shape index (κ3) is 5.03. The van der Waals surface area contributed by atoms with Gasteiger partial charge in [-0.25, -0.2) is 4.90 Å². The quantitative estimate of drug-likeness (QED) is 0.276. The lowest BCUT2D eigenvalue weighted by Crippen LogP contribution is -2.32. The highest BCUT2D eigenvalue weighted by atomic mass is 35.5. The van der Waals surface area contributed by atoms with Crippen molar-refractivity contribution in [1.82, 2.24) is 4.98 Å². The number of anilines is 2. The summed E-state index contributed by atoms with van der Waals surface area (Å²) in [6.45, 7) is -0.247. The third-order valence-corrected chi connectivity index (χ3v) is 9.53. The minimum atomic E-state index is -0.740. The van der Waals surface area contributed by atoms with Gasteiger partial charge < -0.3 is 15.0 Å². The molecular formula is C28H19Cl2N3O5S2. The highest BCUT2D eigenvalue weighted by molar-refractivity contribution is 8.00. The number of carbonyl (C=O) groups excluding carboxylic acids is 3. The Labute approximate surface area is 246 Å². The van der Waals surface area contributed by atoms with Gasteiger partial charge in [0.05, 0.1) is 16.6 Å². The molecule has 2 unspecified atom stereocenters. The molecule has 8 nitrogen and oxygen atoms in total. The molecule has 6 rings (SSSR count). The molecule has 2 aliphatic rings. The number of hydrogen-bond acceptors (Lipinski definition) is 7. The first-order valence-corrected chi connectivity index (χ1v) is 14.5. The van der Waals surface area contributed by atoms with Crippen LogP contribution >= 0.6 is 46.3 Å². The van der Waals surface area contributed by atoms with Gasteiger partial charge in [-0.2, -0.15) is 0 Å². The zero-order chi connectivity index (χ0) is 28.0. The monoisotopic (exact) mass is 611 g/mol. The SMILES string of the molecule is O=C(COc1cccc([C@H]2c3sc(=O)[nH]c3SC3C(=O)N(c4ccc(Cl)cc4)C(=O)C32)c1)Nc1ccc(Cl)cc1. The van der Waals surface area contributed by atoms with E-state index >= 15 is 0 Å². The van der Waals surface area contributed by atoms with Gasteiger partial charge in [0.25, 0.3) is 5.91 Å². The van der Waals surface area contributed by atoms with Crippen LogP contribution in [0.4, 0.5) is 11.4 Å². The van der Waals surface area contributed by atoms with Crippen LogP contribution in [-0.2, 0) is 14.4 Å². The third-order valence-electron chi connectivity index (χ3n) is 6.62. The van der Waals surface area contributed by atoms with Crippen molar-refractivity contribution < 1.29 is 19.1 Å². The number of benzene rings is 3. The molecule has 1 aromatic heterocycles. The molecule has 0 bridgehead atoms. The molecule has 40 heavy (non-hydrogen) atoms. The minimum Gasteiger partial charge on any atom is -0.484 e. The lowest BCUT2D eigenvalue weighted by atomic mass is 9.83. The number of nitrogens with zero attached hydrogens (tertiary/aromatic N) is 1. The highest BCUT2D eigenvalue weighted by Crippen LogP contribution is 2.53. The minimum absolute atomic E-state index is 0.247. The number of aromatic nitrogens is 1. The zero-order valence-electron chi connectivity index (χ0n) is 20.4. The molecule has 0 saturated carbocycles. The van der Waals surface area contributed by atoms with Gasteiger partial charge in [-0.3, -0.25) is 19.2 Å². The largest absolute Gasteiger partial charge is 0.484 e. The number of thiazole rings is 1. The smallest absolute Gasteiger partial charge is 0.305 e. The van der Waals surface area contributed by atoms with Crippen LogP contribution in [0.2, 0.25) is 10.0 Å². The zero-order valence-corrected chi connectivity index (χ0v) is 23.6. The van der Waals surface area contributed by atoms with Gasteiger partial charge in [0.2, 0.25) is 11.8 Å². The van der Waals surface area contributed by atoms with E-state index in [4.69, 9.17) is 27.9 Å². The molecule has 0 radical (unpaired) electrons. The summed E-state index contributed by atoms with van der Waals surface area (Å²) < 4.78 is 5.77. The Kier molecular flexibility index (Phi) is 7.18. The van der Waals surface area contributed by atoms with Gasteiger partial charge in [0, 0.05) is 26.5 Å². The second kappa shape index (κ2) is 10.8. The number of carbonyl (C=O) groups is 3. The van der Waals surface area contributed by atoms with Crippen LogP contribution in [0.25, 0.3) is 0 Å². The first kappa shape index (κ1) is 26.6. The van der Waals surface area contributed by atoms with Crippen molar-refractivity contribution in [2.45, 2.75) is 16.2 Å². The maximum Gasteiger partial charge on any atom is 0.305 e. The second-order valence-corrected chi connectivity index (χ2v) is 12.2. The number of amides is 3. The molecule has 2 aliphatic heterocycles. The molecule has 3 aromatic carbocycles. The van der Waals surface area contributed by atoms with Gasteiger partial charge in [-0.05, 0) is 66.2 Å². The number of aromatic amines is 1. The summed E-state index contributed by atoms with van der Waals surface area (Å²) in [6.07, 6.45) is 0. The standard InChI is InChI=1S/C28H19Cl2N3O5S2/c29-15-4-8-17(9-5-15)31-20(34)13-38-19-3-1-2-14(12-19)21-22-24(39-25-23(21)40-28(37)32-25)27(36)33(26(22)35)18-10-6-16(30)7-11-18/h1-12,21-22,24H,13H2,(H,31,34)(H,32,37)/t21-,22?,24?/m1/s1. The molecule has 0 aliphatic carbocycles. The van der Waals surface area contributed by atoms with Crippen LogP contribution in [0, 0.1) is 5.92 Å². The summed E-state index contributed by atoms with van der Waals surface area (Å²) >= 11 is 14.1. The molecule has 3 heterocycles. The van der Waals surface area contributed by atoms with Crippen molar-refractivity contribution in [3.05, 3.63) is 103 Å². The molecule has 3 atom stereocenters. The Morgan fingerprint density at radius 3 is 2.38 bits per heavy atom. The lowest BCUT2D eigenvalue weighted by Gasteiger charge is -2.30. The van der Waals surface area contributed by atoms with E-state index in [1.807, 2.05) is 6.07 Å². The molecular weight excluding hydrogens is 593 g/mol. The molecule has 12 heteroatoms.